The zero-order valence-electron chi connectivity index (χ0n) is 18.3. The molecule has 32 heavy (non-hydrogen) atoms. The second kappa shape index (κ2) is 8.99. The van der Waals surface area contributed by atoms with Crippen molar-refractivity contribution in [3.05, 3.63) is 47.3 Å². The maximum atomic E-state index is 13.2. The number of benzene rings is 2. The summed E-state index contributed by atoms with van der Waals surface area (Å²) in [5.41, 5.74) is 0.516. The van der Waals surface area contributed by atoms with Gasteiger partial charge in [0, 0.05) is 30.9 Å². The van der Waals surface area contributed by atoms with Gasteiger partial charge in [-0.3, -0.25) is 9.10 Å². The molecule has 4 rings (SSSR count). The molecule has 2 aromatic carbocycles. The number of methoxy groups -OCH3 is 2. The van der Waals surface area contributed by atoms with Crippen LogP contribution in [-0.4, -0.2) is 53.6 Å². The topological polar surface area (TPSA) is 76.2 Å². The molecule has 0 spiro atoms. The summed E-state index contributed by atoms with van der Waals surface area (Å²) >= 11 is 1.44. The van der Waals surface area contributed by atoms with E-state index in [2.05, 4.69) is 0 Å². The van der Waals surface area contributed by atoms with Crippen LogP contribution in [0.1, 0.15) is 28.9 Å². The van der Waals surface area contributed by atoms with Crippen LogP contribution in [0.25, 0.3) is 10.1 Å². The fourth-order valence-electron chi connectivity index (χ4n) is 3.86. The second-order valence-corrected chi connectivity index (χ2v) is 10.7. The Morgan fingerprint density at radius 1 is 0.969 bits per heavy atom. The van der Waals surface area contributed by atoms with Gasteiger partial charge in [0.2, 0.25) is 0 Å². The summed E-state index contributed by atoms with van der Waals surface area (Å²) in [6.07, 6.45) is 3.25. The zero-order chi connectivity index (χ0) is 22.9. The average Bonchev–Trinajstić information content (AvgIpc) is 3.26. The lowest BCUT2D eigenvalue weighted by molar-refractivity contribution is 0.0729. The Morgan fingerprint density at radius 2 is 1.69 bits per heavy atom. The number of thiophene rings is 1. The minimum Gasteiger partial charge on any atom is -0.493 e. The number of sulfonamides is 1. The van der Waals surface area contributed by atoms with Gasteiger partial charge < -0.3 is 14.4 Å². The molecule has 1 aliphatic heterocycles. The number of amides is 1. The molecule has 0 aliphatic carbocycles. The van der Waals surface area contributed by atoms with E-state index in [1.807, 2.05) is 17.0 Å². The normalized spacial score (nSPS) is 14.4. The summed E-state index contributed by atoms with van der Waals surface area (Å²) in [6, 6.07) is 11.8. The van der Waals surface area contributed by atoms with Crippen LogP contribution in [0.2, 0.25) is 0 Å². The van der Waals surface area contributed by atoms with Gasteiger partial charge in [0.05, 0.1) is 29.7 Å². The molecule has 3 aromatic rings. The van der Waals surface area contributed by atoms with Gasteiger partial charge in [0.15, 0.2) is 11.5 Å². The molecule has 1 fully saturated rings. The SMILES string of the molecule is COc1ccc(S(=O)(=O)N(C)c2ccc3sc(C(=O)N4CCCCC4)cc3c2)cc1OC. The molecule has 0 saturated carbocycles. The van der Waals surface area contributed by atoms with Crippen LogP contribution in [0.15, 0.2) is 47.4 Å². The minimum atomic E-state index is -3.82. The number of carbonyl (C=O) groups excluding carboxylic acids is 1. The summed E-state index contributed by atoms with van der Waals surface area (Å²) in [7, 11) is 0.656. The maximum Gasteiger partial charge on any atom is 0.264 e. The van der Waals surface area contributed by atoms with E-state index in [1.165, 1.54) is 55.5 Å². The molecule has 7 nitrogen and oxygen atoms in total. The molecule has 0 bridgehead atoms. The maximum absolute atomic E-state index is 13.2. The Hall–Kier alpha value is -2.78. The van der Waals surface area contributed by atoms with E-state index < -0.39 is 10.0 Å². The molecule has 1 aliphatic rings. The van der Waals surface area contributed by atoms with E-state index in [4.69, 9.17) is 9.47 Å². The van der Waals surface area contributed by atoms with Crippen LogP contribution in [0.5, 0.6) is 11.5 Å². The summed E-state index contributed by atoms with van der Waals surface area (Å²) in [6.45, 7) is 1.59. The Bertz CT molecular complexity index is 1250. The molecule has 0 atom stereocenters. The first-order chi connectivity index (χ1) is 15.3. The standard InChI is InChI=1S/C23H26N2O5S2/c1-24(32(27,28)18-8-9-19(29-2)20(15-18)30-3)17-7-10-21-16(13-17)14-22(31-21)23(26)25-11-5-4-6-12-25/h7-10,13-15H,4-6,11-12H2,1-3H3. The Balaban J connectivity index is 1.63. The number of ether oxygens (including phenoxy) is 2. The predicted molar refractivity (Wildman–Crippen MR) is 127 cm³/mol. The molecule has 1 saturated heterocycles. The van der Waals surface area contributed by atoms with Gasteiger partial charge >= 0.3 is 0 Å². The molecule has 0 N–H and O–H groups in total. The number of likely N-dealkylation sites (tertiary alicyclic amines) is 1. The second-order valence-electron chi connectivity index (χ2n) is 7.67. The Labute approximate surface area is 192 Å². The van der Waals surface area contributed by atoms with Gasteiger partial charge in [-0.2, -0.15) is 0 Å². The van der Waals surface area contributed by atoms with Crippen molar-refractivity contribution in [3.63, 3.8) is 0 Å². The van der Waals surface area contributed by atoms with E-state index in [9.17, 15) is 13.2 Å². The van der Waals surface area contributed by atoms with Crippen LogP contribution in [0.4, 0.5) is 5.69 Å². The zero-order valence-corrected chi connectivity index (χ0v) is 20.0. The number of rotatable bonds is 6. The smallest absolute Gasteiger partial charge is 0.264 e. The van der Waals surface area contributed by atoms with E-state index in [-0.39, 0.29) is 10.8 Å². The molecule has 170 valence electrons. The lowest BCUT2D eigenvalue weighted by Gasteiger charge is -2.26. The monoisotopic (exact) mass is 474 g/mol. The van der Waals surface area contributed by atoms with Crippen LogP contribution < -0.4 is 13.8 Å². The molecule has 2 heterocycles. The first kappa shape index (κ1) is 22.4. The number of nitrogens with zero attached hydrogens (tertiary/aromatic N) is 2. The van der Waals surface area contributed by atoms with E-state index in [1.54, 1.807) is 18.2 Å². The molecular weight excluding hydrogens is 448 g/mol. The van der Waals surface area contributed by atoms with Gasteiger partial charge in [0.25, 0.3) is 15.9 Å². The third-order valence-corrected chi connectivity index (χ3v) is 8.62. The largest absolute Gasteiger partial charge is 0.493 e. The summed E-state index contributed by atoms with van der Waals surface area (Å²) in [5.74, 6) is 0.856. The van der Waals surface area contributed by atoms with E-state index in [0.29, 0.717) is 22.1 Å². The number of fused-ring (bicyclic) bond motifs is 1. The number of hydrogen-bond donors (Lipinski definition) is 0. The molecule has 1 aromatic heterocycles. The summed E-state index contributed by atoms with van der Waals surface area (Å²) in [5, 5.41) is 0.849. The molecule has 0 unspecified atom stereocenters. The average molecular weight is 475 g/mol. The van der Waals surface area contributed by atoms with Crippen molar-refractivity contribution in [1.82, 2.24) is 4.90 Å². The van der Waals surface area contributed by atoms with Crippen molar-refractivity contribution in [2.75, 3.05) is 38.7 Å². The lowest BCUT2D eigenvalue weighted by Crippen LogP contribution is -2.35. The van der Waals surface area contributed by atoms with Crippen molar-refractivity contribution in [2.45, 2.75) is 24.2 Å². The summed E-state index contributed by atoms with van der Waals surface area (Å²) in [4.78, 5) is 15.5. The van der Waals surface area contributed by atoms with Crippen molar-refractivity contribution < 1.29 is 22.7 Å². The Kier molecular flexibility index (Phi) is 6.30. The van der Waals surface area contributed by atoms with Gasteiger partial charge in [-0.05, 0) is 61.0 Å². The molecule has 0 radical (unpaired) electrons. The van der Waals surface area contributed by atoms with Gasteiger partial charge in [0.1, 0.15) is 0 Å². The minimum absolute atomic E-state index is 0.0544. The molecule has 9 heteroatoms. The highest BCUT2D eigenvalue weighted by Gasteiger charge is 2.24. The predicted octanol–water partition coefficient (Wildman–Crippen LogP) is 4.37. The van der Waals surface area contributed by atoms with Crippen LogP contribution in [0.3, 0.4) is 0 Å². The van der Waals surface area contributed by atoms with E-state index in [0.717, 1.165) is 36.0 Å². The third-order valence-electron chi connectivity index (χ3n) is 5.73. The molecular formula is C23H26N2O5S2. The van der Waals surface area contributed by atoms with Gasteiger partial charge in [-0.25, -0.2) is 8.42 Å². The van der Waals surface area contributed by atoms with Crippen LogP contribution in [-0.2, 0) is 10.0 Å². The number of anilines is 1. The first-order valence-corrected chi connectivity index (χ1v) is 12.6. The van der Waals surface area contributed by atoms with Crippen molar-refractivity contribution >= 4 is 43.0 Å². The molecule has 1 amide bonds. The van der Waals surface area contributed by atoms with Crippen molar-refractivity contribution in [3.8, 4) is 11.5 Å². The van der Waals surface area contributed by atoms with Crippen LogP contribution in [0, 0.1) is 0 Å². The van der Waals surface area contributed by atoms with Gasteiger partial charge in [-0.1, -0.05) is 0 Å². The Morgan fingerprint density at radius 3 is 2.38 bits per heavy atom. The van der Waals surface area contributed by atoms with Gasteiger partial charge in [-0.15, -0.1) is 11.3 Å². The number of piperidine rings is 1. The highest BCUT2D eigenvalue weighted by Crippen LogP contribution is 2.34. The third kappa shape index (κ3) is 4.14. The summed E-state index contributed by atoms with van der Waals surface area (Å²) < 4.78 is 39.1. The quantitative estimate of drug-likeness (QED) is 0.530. The fourth-order valence-corrected chi connectivity index (χ4v) is 6.07. The fraction of sp³-hybridized carbons (Fsp3) is 0.348. The van der Waals surface area contributed by atoms with Crippen LogP contribution >= 0.6 is 11.3 Å². The highest BCUT2D eigenvalue weighted by molar-refractivity contribution is 7.92. The van der Waals surface area contributed by atoms with Crippen molar-refractivity contribution in [1.29, 1.82) is 0 Å². The first-order valence-electron chi connectivity index (χ1n) is 10.4. The van der Waals surface area contributed by atoms with E-state index >= 15 is 0 Å². The lowest BCUT2D eigenvalue weighted by atomic mass is 10.1. The number of carbonyl (C=O) groups is 1. The van der Waals surface area contributed by atoms with Crippen molar-refractivity contribution in [2.24, 2.45) is 0 Å². The number of hydrogen-bond acceptors (Lipinski definition) is 6. The highest BCUT2D eigenvalue weighted by atomic mass is 32.2.